The third-order valence-electron chi connectivity index (χ3n) is 3.53. The van der Waals surface area contributed by atoms with Crippen LogP contribution in [0.4, 0.5) is 0 Å². The molecule has 1 atom stereocenters. The first kappa shape index (κ1) is 13.0. The van der Waals surface area contributed by atoms with Gasteiger partial charge in [0.25, 0.3) is 0 Å². The molecule has 1 aliphatic heterocycles. The van der Waals surface area contributed by atoms with Gasteiger partial charge >= 0.3 is 0 Å². The summed E-state index contributed by atoms with van der Waals surface area (Å²) in [6, 6.07) is 2.15. The van der Waals surface area contributed by atoms with Gasteiger partial charge in [-0.1, -0.05) is 6.42 Å². The zero-order valence-corrected chi connectivity index (χ0v) is 11.7. The fourth-order valence-corrected chi connectivity index (χ4v) is 2.63. The van der Waals surface area contributed by atoms with Crippen molar-refractivity contribution in [3.8, 4) is 0 Å². The molecule has 0 saturated carbocycles. The van der Waals surface area contributed by atoms with Crippen LogP contribution >= 0.6 is 11.8 Å². The topological polar surface area (TPSA) is 21.1 Å². The molecule has 0 radical (unpaired) electrons. The van der Waals surface area contributed by atoms with Crippen molar-refractivity contribution >= 4 is 11.8 Å². The zero-order chi connectivity index (χ0) is 12.1. The van der Waals surface area contributed by atoms with Crippen molar-refractivity contribution in [3.05, 3.63) is 18.0 Å². The van der Waals surface area contributed by atoms with Crippen LogP contribution in [0.1, 0.15) is 37.1 Å². The molecule has 3 nitrogen and oxygen atoms in total. The Bertz CT molecular complexity index is 331. The van der Waals surface area contributed by atoms with Gasteiger partial charge in [0, 0.05) is 18.0 Å². The van der Waals surface area contributed by atoms with Gasteiger partial charge in [-0.05, 0) is 45.2 Å². The third-order valence-corrected chi connectivity index (χ3v) is 4.47. The molecular weight excluding hydrogens is 230 g/mol. The molecule has 1 unspecified atom stereocenters. The average molecular weight is 253 g/mol. The molecule has 4 heteroatoms. The lowest BCUT2D eigenvalue weighted by Gasteiger charge is -2.26. The summed E-state index contributed by atoms with van der Waals surface area (Å²) in [5, 5.41) is 5.14. The summed E-state index contributed by atoms with van der Waals surface area (Å²) in [5.41, 5.74) is 1.20. The molecule has 0 N–H and O–H groups in total. The summed E-state index contributed by atoms with van der Waals surface area (Å²) in [4.78, 5) is 2.56. The van der Waals surface area contributed by atoms with Gasteiger partial charge in [-0.15, -0.1) is 0 Å². The third kappa shape index (κ3) is 3.75. The maximum absolute atomic E-state index is 4.63. The second-order valence-corrected chi connectivity index (χ2v) is 5.96. The van der Waals surface area contributed by atoms with Crippen molar-refractivity contribution in [1.82, 2.24) is 14.7 Å². The summed E-state index contributed by atoms with van der Waals surface area (Å²) >= 11 is 1.85. The largest absolute Gasteiger partial charge is 0.301 e. The predicted molar refractivity (Wildman–Crippen MR) is 74.4 cm³/mol. The van der Waals surface area contributed by atoms with E-state index in [1.165, 1.54) is 38.0 Å². The summed E-state index contributed by atoms with van der Waals surface area (Å²) in [6.07, 6.45) is 8.40. The van der Waals surface area contributed by atoms with E-state index in [4.69, 9.17) is 0 Å². The molecule has 1 saturated heterocycles. The van der Waals surface area contributed by atoms with E-state index in [1.807, 2.05) is 11.8 Å². The molecule has 1 fully saturated rings. The van der Waals surface area contributed by atoms with Crippen molar-refractivity contribution < 1.29 is 0 Å². The zero-order valence-electron chi connectivity index (χ0n) is 10.9. The second kappa shape index (κ2) is 6.45. The predicted octanol–water partition coefficient (Wildman–Crippen LogP) is 2.79. The smallest absolute Gasteiger partial charge is 0.0751 e. The standard InChI is InChI=1S/C13H23N3S/c1-12(17-2)13-6-9-16(14-13)11-10-15-7-4-3-5-8-15/h6,9,12H,3-5,7-8,10-11H2,1-2H3. The number of hydrogen-bond donors (Lipinski definition) is 0. The number of likely N-dealkylation sites (tertiary alicyclic amines) is 1. The van der Waals surface area contributed by atoms with Gasteiger partial charge in [0.05, 0.1) is 12.2 Å². The number of nitrogens with zero attached hydrogens (tertiary/aromatic N) is 3. The fraction of sp³-hybridized carbons (Fsp3) is 0.769. The summed E-state index contributed by atoms with van der Waals surface area (Å²) in [5.74, 6) is 0. The summed E-state index contributed by atoms with van der Waals surface area (Å²) < 4.78 is 2.09. The minimum absolute atomic E-state index is 0.506. The number of rotatable bonds is 5. The van der Waals surface area contributed by atoms with E-state index in [0.29, 0.717) is 5.25 Å². The lowest BCUT2D eigenvalue weighted by atomic mass is 10.1. The van der Waals surface area contributed by atoms with E-state index in [2.05, 4.69) is 40.1 Å². The van der Waals surface area contributed by atoms with Gasteiger partial charge < -0.3 is 4.90 Å². The van der Waals surface area contributed by atoms with Crippen LogP contribution in [-0.2, 0) is 6.54 Å². The van der Waals surface area contributed by atoms with E-state index in [9.17, 15) is 0 Å². The molecule has 1 aromatic heterocycles. The maximum atomic E-state index is 4.63. The van der Waals surface area contributed by atoms with Crippen molar-refractivity contribution in [3.63, 3.8) is 0 Å². The highest BCUT2D eigenvalue weighted by atomic mass is 32.2. The Hall–Kier alpha value is -0.480. The lowest BCUT2D eigenvalue weighted by Crippen LogP contribution is -2.32. The number of aromatic nitrogens is 2. The minimum atomic E-state index is 0.506. The molecule has 96 valence electrons. The van der Waals surface area contributed by atoms with Crippen molar-refractivity contribution in [2.45, 2.75) is 38.0 Å². The molecule has 0 aromatic carbocycles. The van der Waals surface area contributed by atoms with Crippen molar-refractivity contribution in [2.75, 3.05) is 25.9 Å². The Morgan fingerprint density at radius 1 is 1.29 bits per heavy atom. The quantitative estimate of drug-likeness (QED) is 0.805. The Balaban J connectivity index is 1.80. The van der Waals surface area contributed by atoms with E-state index >= 15 is 0 Å². The van der Waals surface area contributed by atoms with E-state index in [1.54, 1.807) is 0 Å². The Morgan fingerprint density at radius 2 is 2.06 bits per heavy atom. The highest BCUT2D eigenvalue weighted by molar-refractivity contribution is 7.98. The maximum Gasteiger partial charge on any atom is 0.0751 e. The van der Waals surface area contributed by atoms with Gasteiger partial charge in [0.15, 0.2) is 0 Å². The Morgan fingerprint density at radius 3 is 2.76 bits per heavy atom. The minimum Gasteiger partial charge on any atom is -0.301 e. The normalized spacial score (nSPS) is 19.4. The van der Waals surface area contributed by atoms with Crippen LogP contribution < -0.4 is 0 Å². The monoisotopic (exact) mass is 253 g/mol. The van der Waals surface area contributed by atoms with Crippen LogP contribution in [0.2, 0.25) is 0 Å². The second-order valence-electron chi connectivity index (χ2n) is 4.78. The van der Waals surface area contributed by atoms with E-state index in [0.717, 1.165) is 13.1 Å². The molecule has 2 rings (SSSR count). The number of piperidine rings is 1. The highest BCUT2D eigenvalue weighted by Crippen LogP contribution is 2.23. The van der Waals surface area contributed by atoms with Crippen molar-refractivity contribution in [2.24, 2.45) is 0 Å². The molecule has 1 aliphatic rings. The molecular formula is C13H23N3S. The van der Waals surface area contributed by atoms with Crippen LogP contribution in [0, 0.1) is 0 Å². The average Bonchev–Trinajstić information content (AvgIpc) is 2.85. The van der Waals surface area contributed by atoms with Crippen LogP contribution in [0.15, 0.2) is 12.3 Å². The molecule has 2 heterocycles. The SMILES string of the molecule is CSC(C)c1ccn(CCN2CCCCC2)n1. The first-order valence-corrected chi connectivity index (χ1v) is 7.87. The molecule has 0 aliphatic carbocycles. The summed E-state index contributed by atoms with van der Waals surface area (Å²) in [7, 11) is 0. The molecule has 0 spiro atoms. The van der Waals surface area contributed by atoms with Gasteiger partial charge in [0.1, 0.15) is 0 Å². The van der Waals surface area contributed by atoms with Crippen LogP contribution in [0.5, 0.6) is 0 Å². The lowest BCUT2D eigenvalue weighted by molar-refractivity contribution is 0.218. The Kier molecular flexibility index (Phi) is 4.92. The molecule has 0 bridgehead atoms. The van der Waals surface area contributed by atoms with Gasteiger partial charge in [-0.3, -0.25) is 4.68 Å². The highest BCUT2D eigenvalue weighted by Gasteiger charge is 2.11. The van der Waals surface area contributed by atoms with E-state index in [-0.39, 0.29) is 0 Å². The molecule has 17 heavy (non-hydrogen) atoms. The van der Waals surface area contributed by atoms with Crippen molar-refractivity contribution in [1.29, 1.82) is 0 Å². The summed E-state index contributed by atoms with van der Waals surface area (Å²) in [6.45, 7) is 6.93. The number of hydrogen-bond acceptors (Lipinski definition) is 3. The van der Waals surface area contributed by atoms with Gasteiger partial charge in [-0.25, -0.2) is 0 Å². The number of thioether (sulfide) groups is 1. The first-order valence-electron chi connectivity index (χ1n) is 6.58. The molecule has 0 amide bonds. The first-order chi connectivity index (χ1) is 8.29. The van der Waals surface area contributed by atoms with Crippen LogP contribution in [-0.4, -0.2) is 40.6 Å². The fourth-order valence-electron chi connectivity index (χ4n) is 2.27. The van der Waals surface area contributed by atoms with Gasteiger partial charge in [0.2, 0.25) is 0 Å². The van der Waals surface area contributed by atoms with Crippen LogP contribution in [0.3, 0.4) is 0 Å². The molecule has 1 aromatic rings. The van der Waals surface area contributed by atoms with Crippen LogP contribution in [0.25, 0.3) is 0 Å². The Labute approximate surface area is 109 Å². The van der Waals surface area contributed by atoms with E-state index < -0.39 is 0 Å². The van der Waals surface area contributed by atoms with Gasteiger partial charge in [-0.2, -0.15) is 16.9 Å².